The van der Waals surface area contributed by atoms with Gasteiger partial charge >= 0.3 is 0 Å². The fraction of sp³-hybridized carbons (Fsp3) is 0.571. The highest BCUT2D eigenvalue weighted by Gasteiger charge is 2.08. The van der Waals surface area contributed by atoms with E-state index in [1.54, 1.807) is 7.11 Å². The van der Waals surface area contributed by atoms with E-state index in [1.165, 1.54) is 5.56 Å². The summed E-state index contributed by atoms with van der Waals surface area (Å²) >= 11 is 3.51. The van der Waals surface area contributed by atoms with Crippen molar-refractivity contribution in [3.63, 3.8) is 0 Å². The van der Waals surface area contributed by atoms with Gasteiger partial charge in [-0.3, -0.25) is 0 Å². The zero-order valence-electron chi connectivity index (χ0n) is 10.7. The number of methoxy groups -OCH3 is 1. The van der Waals surface area contributed by atoms with Crippen LogP contribution in [-0.2, 0) is 11.2 Å². The zero-order valence-corrected chi connectivity index (χ0v) is 12.3. The van der Waals surface area contributed by atoms with Gasteiger partial charge in [-0.05, 0) is 43.5 Å². The standard InChI is InChI=1S/C14H22BrNO/c1-3-16-14(8-5-9-17-2)11-12-6-4-7-13(15)10-12/h4,6-7,10,14,16H,3,5,8-9,11H2,1-2H3. The van der Waals surface area contributed by atoms with E-state index < -0.39 is 0 Å². The zero-order chi connectivity index (χ0) is 12.5. The lowest BCUT2D eigenvalue weighted by Crippen LogP contribution is -2.31. The lowest BCUT2D eigenvalue weighted by molar-refractivity contribution is 0.188. The van der Waals surface area contributed by atoms with Crippen molar-refractivity contribution >= 4 is 15.9 Å². The minimum atomic E-state index is 0.546. The van der Waals surface area contributed by atoms with Crippen LogP contribution in [0.5, 0.6) is 0 Å². The molecule has 96 valence electrons. The van der Waals surface area contributed by atoms with Crippen LogP contribution in [-0.4, -0.2) is 26.3 Å². The number of rotatable bonds is 8. The van der Waals surface area contributed by atoms with E-state index in [0.717, 1.165) is 36.9 Å². The van der Waals surface area contributed by atoms with Gasteiger partial charge in [0.15, 0.2) is 0 Å². The van der Waals surface area contributed by atoms with Crippen molar-refractivity contribution in [2.24, 2.45) is 0 Å². The first-order valence-corrected chi connectivity index (χ1v) is 7.02. The van der Waals surface area contributed by atoms with E-state index in [-0.39, 0.29) is 0 Å². The third-order valence-corrected chi connectivity index (χ3v) is 3.26. The number of ether oxygens (including phenoxy) is 1. The maximum Gasteiger partial charge on any atom is 0.0462 e. The van der Waals surface area contributed by atoms with Gasteiger partial charge < -0.3 is 10.1 Å². The molecule has 1 rings (SSSR count). The number of benzene rings is 1. The van der Waals surface area contributed by atoms with Gasteiger partial charge in [0.05, 0.1) is 0 Å². The molecule has 0 saturated heterocycles. The van der Waals surface area contributed by atoms with Crippen molar-refractivity contribution in [2.45, 2.75) is 32.2 Å². The molecule has 0 radical (unpaired) electrons. The molecule has 0 amide bonds. The maximum atomic E-state index is 5.10. The van der Waals surface area contributed by atoms with E-state index >= 15 is 0 Å². The second kappa shape index (κ2) is 8.67. The summed E-state index contributed by atoms with van der Waals surface area (Å²) in [5, 5.41) is 3.54. The summed E-state index contributed by atoms with van der Waals surface area (Å²) in [7, 11) is 1.76. The first-order valence-electron chi connectivity index (χ1n) is 6.23. The molecule has 17 heavy (non-hydrogen) atoms. The van der Waals surface area contributed by atoms with Crippen LogP contribution in [0.1, 0.15) is 25.3 Å². The molecule has 1 unspecified atom stereocenters. The molecule has 0 aliphatic carbocycles. The van der Waals surface area contributed by atoms with Gasteiger partial charge in [0.2, 0.25) is 0 Å². The molecule has 3 heteroatoms. The highest BCUT2D eigenvalue weighted by atomic mass is 79.9. The highest BCUT2D eigenvalue weighted by Crippen LogP contribution is 2.14. The molecular weight excluding hydrogens is 278 g/mol. The first kappa shape index (κ1) is 14.7. The Kier molecular flexibility index (Phi) is 7.49. The van der Waals surface area contributed by atoms with Gasteiger partial charge in [-0.1, -0.05) is 35.0 Å². The number of hydrogen-bond acceptors (Lipinski definition) is 2. The molecule has 0 saturated carbocycles. The van der Waals surface area contributed by atoms with E-state index in [9.17, 15) is 0 Å². The summed E-state index contributed by atoms with van der Waals surface area (Å²) in [4.78, 5) is 0. The predicted octanol–water partition coefficient (Wildman–Crippen LogP) is 3.40. The Hall–Kier alpha value is -0.380. The van der Waals surface area contributed by atoms with Crippen LogP contribution in [0.4, 0.5) is 0 Å². The Bertz CT molecular complexity index is 317. The minimum Gasteiger partial charge on any atom is -0.385 e. The quantitative estimate of drug-likeness (QED) is 0.743. The summed E-state index contributed by atoms with van der Waals surface area (Å²) in [5.41, 5.74) is 1.38. The van der Waals surface area contributed by atoms with Crippen molar-refractivity contribution in [1.29, 1.82) is 0 Å². The number of likely N-dealkylation sites (N-methyl/N-ethyl adjacent to an activating group) is 1. The Morgan fingerprint density at radius 1 is 1.41 bits per heavy atom. The lowest BCUT2D eigenvalue weighted by Gasteiger charge is -2.18. The largest absolute Gasteiger partial charge is 0.385 e. The Morgan fingerprint density at radius 3 is 2.88 bits per heavy atom. The summed E-state index contributed by atoms with van der Waals surface area (Å²) in [5.74, 6) is 0. The molecule has 1 atom stereocenters. The van der Waals surface area contributed by atoms with Crippen LogP contribution in [0, 0.1) is 0 Å². The van der Waals surface area contributed by atoms with E-state index in [0.29, 0.717) is 6.04 Å². The molecular formula is C14H22BrNO. The normalized spacial score (nSPS) is 12.6. The molecule has 0 bridgehead atoms. The lowest BCUT2D eigenvalue weighted by atomic mass is 10.0. The second-order valence-corrected chi connectivity index (χ2v) is 5.14. The van der Waals surface area contributed by atoms with Crippen molar-refractivity contribution < 1.29 is 4.74 Å². The highest BCUT2D eigenvalue weighted by molar-refractivity contribution is 9.10. The van der Waals surface area contributed by atoms with Gasteiger partial charge in [0, 0.05) is 24.2 Å². The SMILES string of the molecule is CCNC(CCCOC)Cc1cccc(Br)c1. The van der Waals surface area contributed by atoms with Crippen LogP contribution in [0.2, 0.25) is 0 Å². The number of nitrogens with one attached hydrogen (secondary N) is 1. The average Bonchev–Trinajstić information content (AvgIpc) is 2.29. The molecule has 0 aliphatic rings. The van der Waals surface area contributed by atoms with E-state index in [4.69, 9.17) is 4.74 Å². The molecule has 0 aromatic heterocycles. The van der Waals surface area contributed by atoms with Gasteiger partial charge in [0.25, 0.3) is 0 Å². The van der Waals surface area contributed by atoms with Crippen LogP contribution in [0.25, 0.3) is 0 Å². The number of halogens is 1. The van der Waals surface area contributed by atoms with E-state index in [2.05, 4.69) is 52.4 Å². The Balaban J connectivity index is 2.47. The second-order valence-electron chi connectivity index (χ2n) is 4.22. The van der Waals surface area contributed by atoms with Crippen molar-refractivity contribution in [1.82, 2.24) is 5.32 Å². The Morgan fingerprint density at radius 2 is 2.24 bits per heavy atom. The van der Waals surface area contributed by atoms with Gasteiger partial charge in [-0.15, -0.1) is 0 Å². The third kappa shape index (κ3) is 6.20. The van der Waals surface area contributed by atoms with Gasteiger partial charge in [0.1, 0.15) is 0 Å². The Labute approximate surface area is 113 Å². The predicted molar refractivity (Wildman–Crippen MR) is 76.4 cm³/mol. The van der Waals surface area contributed by atoms with Gasteiger partial charge in [-0.25, -0.2) is 0 Å². The average molecular weight is 300 g/mol. The van der Waals surface area contributed by atoms with Crippen LogP contribution in [0.3, 0.4) is 0 Å². The summed E-state index contributed by atoms with van der Waals surface area (Å²) in [6, 6.07) is 9.09. The molecule has 1 aromatic carbocycles. The van der Waals surface area contributed by atoms with Crippen LogP contribution < -0.4 is 5.32 Å². The van der Waals surface area contributed by atoms with Crippen LogP contribution >= 0.6 is 15.9 Å². The fourth-order valence-electron chi connectivity index (χ4n) is 1.99. The summed E-state index contributed by atoms with van der Waals surface area (Å²) < 4.78 is 6.26. The third-order valence-electron chi connectivity index (χ3n) is 2.76. The molecule has 0 aliphatic heterocycles. The monoisotopic (exact) mass is 299 g/mol. The first-order chi connectivity index (χ1) is 8.26. The number of hydrogen-bond donors (Lipinski definition) is 1. The summed E-state index contributed by atoms with van der Waals surface area (Å²) in [6.07, 6.45) is 3.35. The molecule has 0 spiro atoms. The van der Waals surface area contributed by atoms with Gasteiger partial charge in [-0.2, -0.15) is 0 Å². The molecule has 1 aromatic rings. The van der Waals surface area contributed by atoms with Crippen molar-refractivity contribution in [3.05, 3.63) is 34.3 Å². The molecule has 2 nitrogen and oxygen atoms in total. The topological polar surface area (TPSA) is 21.3 Å². The smallest absolute Gasteiger partial charge is 0.0462 e. The van der Waals surface area contributed by atoms with E-state index in [1.807, 2.05) is 0 Å². The maximum absolute atomic E-state index is 5.10. The summed E-state index contributed by atoms with van der Waals surface area (Å²) in [6.45, 7) is 4.02. The minimum absolute atomic E-state index is 0.546. The molecule has 1 N–H and O–H groups in total. The van der Waals surface area contributed by atoms with Crippen molar-refractivity contribution in [2.75, 3.05) is 20.3 Å². The molecule has 0 fully saturated rings. The van der Waals surface area contributed by atoms with Crippen molar-refractivity contribution in [3.8, 4) is 0 Å². The molecule has 0 heterocycles. The van der Waals surface area contributed by atoms with Crippen LogP contribution in [0.15, 0.2) is 28.7 Å². The fourth-order valence-corrected chi connectivity index (χ4v) is 2.43.